The molecule has 0 N–H and O–H groups in total. The van der Waals surface area contributed by atoms with E-state index in [1.165, 1.54) is 0 Å². The molecule has 0 atom stereocenters. The number of amidine groups is 1. The molecule has 2 aliphatic heterocycles. The summed E-state index contributed by atoms with van der Waals surface area (Å²) in [6.07, 6.45) is 6.03. The summed E-state index contributed by atoms with van der Waals surface area (Å²) < 4.78 is 0. The molecule has 0 aromatic heterocycles. The molecule has 2 aliphatic rings. The Balaban J connectivity index is 1.90. The molecule has 1 aromatic rings. The van der Waals surface area contributed by atoms with Gasteiger partial charge in [-0.25, -0.2) is 0 Å². The summed E-state index contributed by atoms with van der Waals surface area (Å²) in [7, 11) is 2.02. The number of nitrogens with zero attached hydrogens (tertiary/aromatic N) is 5. The summed E-state index contributed by atoms with van der Waals surface area (Å²) in [4.78, 5) is 4.15. The lowest BCUT2D eigenvalue weighted by atomic mass is 10.2. The molecular formula is C15H15N5. The van der Waals surface area contributed by atoms with Crippen LogP contribution < -0.4 is 4.90 Å². The van der Waals surface area contributed by atoms with Crippen molar-refractivity contribution in [2.75, 3.05) is 25.2 Å². The minimum Gasteiger partial charge on any atom is -0.342 e. The van der Waals surface area contributed by atoms with Gasteiger partial charge in [-0.05, 0) is 24.3 Å². The Morgan fingerprint density at radius 1 is 1.35 bits per heavy atom. The number of anilines is 1. The van der Waals surface area contributed by atoms with Gasteiger partial charge in [-0.15, -0.1) is 0 Å². The molecule has 0 amide bonds. The Labute approximate surface area is 118 Å². The van der Waals surface area contributed by atoms with Crippen molar-refractivity contribution < 1.29 is 0 Å². The number of nitriles is 1. The minimum atomic E-state index is 0.302. The van der Waals surface area contributed by atoms with Gasteiger partial charge in [0.25, 0.3) is 0 Å². The first-order chi connectivity index (χ1) is 9.79. The molecule has 0 fully saturated rings. The van der Waals surface area contributed by atoms with Gasteiger partial charge in [0.1, 0.15) is 13.2 Å². The van der Waals surface area contributed by atoms with Crippen LogP contribution in [0.5, 0.6) is 0 Å². The highest BCUT2D eigenvalue weighted by atomic mass is 15.6. The van der Waals surface area contributed by atoms with Gasteiger partial charge in [-0.3, -0.25) is 5.01 Å². The third-order valence-corrected chi connectivity index (χ3v) is 3.33. The molecule has 0 aliphatic carbocycles. The molecule has 0 unspecified atom stereocenters. The van der Waals surface area contributed by atoms with Gasteiger partial charge in [-0.2, -0.15) is 10.4 Å². The van der Waals surface area contributed by atoms with Crippen LogP contribution in [0, 0.1) is 11.3 Å². The fourth-order valence-corrected chi connectivity index (χ4v) is 2.31. The van der Waals surface area contributed by atoms with Gasteiger partial charge in [0.05, 0.1) is 11.8 Å². The Kier molecular flexibility index (Phi) is 3.13. The van der Waals surface area contributed by atoms with Gasteiger partial charge in [-0.1, -0.05) is 18.2 Å². The Morgan fingerprint density at radius 2 is 2.15 bits per heavy atom. The number of benzene rings is 1. The van der Waals surface area contributed by atoms with E-state index in [0.29, 0.717) is 13.2 Å². The number of allylic oxidation sites excluding steroid dienone is 2. The van der Waals surface area contributed by atoms with Crippen molar-refractivity contribution in [1.29, 1.82) is 5.26 Å². The topological polar surface area (TPSA) is 45.9 Å². The smallest absolute Gasteiger partial charge is 0.178 e. The van der Waals surface area contributed by atoms with Crippen LogP contribution in [0.2, 0.25) is 0 Å². The third kappa shape index (κ3) is 2.12. The van der Waals surface area contributed by atoms with Crippen molar-refractivity contribution in [3.63, 3.8) is 0 Å². The van der Waals surface area contributed by atoms with Crippen molar-refractivity contribution in [3.05, 3.63) is 54.4 Å². The number of rotatable bonds is 3. The molecule has 0 radical (unpaired) electrons. The van der Waals surface area contributed by atoms with Crippen LogP contribution in [0.25, 0.3) is 0 Å². The fourth-order valence-electron chi connectivity index (χ4n) is 2.31. The summed E-state index contributed by atoms with van der Waals surface area (Å²) in [6.45, 7) is 0.926. The zero-order chi connectivity index (χ0) is 13.9. The average molecular weight is 265 g/mol. The maximum Gasteiger partial charge on any atom is 0.178 e. The Hall–Kier alpha value is -2.74. The standard InChI is InChI=1S/C15H15N5/c1-18(13-6-3-2-4-7-13)14-8-5-10-19-12-20(11-9-16)17-15(14)19/h2-8,10H,11-12H2,1H3. The van der Waals surface area contributed by atoms with Crippen LogP contribution in [-0.4, -0.2) is 36.0 Å². The number of hydrogen-bond acceptors (Lipinski definition) is 5. The first kappa shape index (κ1) is 12.3. The van der Waals surface area contributed by atoms with Gasteiger partial charge < -0.3 is 9.80 Å². The summed E-state index contributed by atoms with van der Waals surface area (Å²) >= 11 is 0. The van der Waals surface area contributed by atoms with Crippen LogP contribution in [0.3, 0.4) is 0 Å². The highest BCUT2D eigenvalue weighted by molar-refractivity contribution is 6.03. The monoisotopic (exact) mass is 265 g/mol. The second-order valence-electron chi connectivity index (χ2n) is 4.65. The molecule has 0 bridgehead atoms. The number of likely N-dealkylation sites (N-methyl/N-ethyl adjacent to an activating group) is 1. The molecule has 5 heteroatoms. The van der Waals surface area contributed by atoms with Crippen molar-refractivity contribution in [2.45, 2.75) is 0 Å². The van der Waals surface area contributed by atoms with E-state index in [4.69, 9.17) is 5.26 Å². The van der Waals surface area contributed by atoms with Crippen molar-refractivity contribution >= 4 is 11.5 Å². The first-order valence-corrected chi connectivity index (χ1v) is 6.44. The van der Waals surface area contributed by atoms with E-state index in [-0.39, 0.29) is 0 Å². The average Bonchev–Trinajstić information content (AvgIpc) is 2.90. The van der Waals surface area contributed by atoms with Crippen LogP contribution >= 0.6 is 0 Å². The molecule has 5 nitrogen and oxygen atoms in total. The van der Waals surface area contributed by atoms with E-state index in [0.717, 1.165) is 17.2 Å². The predicted molar refractivity (Wildman–Crippen MR) is 78.5 cm³/mol. The lowest BCUT2D eigenvalue weighted by Gasteiger charge is -2.27. The lowest BCUT2D eigenvalue weighted by molar-refractivity contribution is 0.291. The zero-order valence-corrected chi connectivity index (χ0v) is 11.3. The van der Waals surface area contributed by atoms with Gasteiger partial charge in [0, 0.05) is 18.9 Å². The van der Waals surface area contributed by atoms with E-state index >= 15 is 0 Å². The predicted octanol–water partition coefficient (Wildman–Crippen LogP) is 1.95. The van der Waals surface area contributed by atoms with Gasteiger partial charge in [0.2, 0.25) is 0 Å². The highest BCUT2D eigenvalue weighted by Gasteiger charge is 2.27. The lowest BCUT2D eigenvalue weighted by Crippen LogP contribution is -2.34. The summed E-state index contributed by atoms with van der Waals surface area (Å²) in [5.41, 5.74) is 2.13. The second-order valence-corrected chi connectivity index (χ2v) is 4.65. The summed E-state index contributed by atoms with van der Waals surface area (Å²) in [5, 5.41) is 15.1. The molecule has 3 rings (SSSR count). The number of hydrogen-bond donors (Lipinski definition) is 0. The molecule has 0 saturated carbocycles. The minimum absolute atomic E-state index is 0.302. The molecule has 20 heavy (non-hydrogen) atoms. The number of fused-ring (bicyclic) bond motifs is 1. The Morgan fingerprint density at radius 3 is 2.90 bits per heavy atom. The van der Waals surface area contributed by atoms with E-state index < -0.39 is 0 Å². The maximum atomic E-state index is 8.79. The van der Waals surface area contributed by atoms with Crippen molar-refractivity contribution in [2.24, 2.45) is 5.10 Å². The molecule has 0 spiro atoms. The fraction of sp³-hybridized carbons (Fsp3) is 0.200. The maximum absolute atomic E-state index is 8.79. The van der Waals surface area contributed by atoms with Gasteiger partial charge >= 0.3 is 0 Å². The Bertz CT molecular complexity index is 623. The quantitative estimate of drug-likeness (QED) is 0.784. The summed E-state index contributed by atoms with van der Waals surface area (Å²) in [6, 6.07) is 12.3. The third-order valence-electron chi connectivity index (χ3n) is 3.33. The summed E-state index contributed by atoms with van der Waals surface area (Å²) in [5.74, 6) is 0.883. The van der Waals surface area contributed by atoms with Crippen LogP contribution in [-0.2, 0) is 0 Å². The van der Waals surface area contributed by atoms with Crippen molar-refractivity contribution in [3.8, 4) is 6.07 Å². The molecule has 1 aromatic carbocycles. The van der Waals surface area contributed by atoms with E-state index in [1.807, 2.05) is 48.5 Å². The normalized spacial score (nSPS) is 16.4. The molecule has 0 saturated heterocycles. The SMILES string of the molecule is CN(C1=CC=CN2CN(CC#N)N=C12)c1ccccc1. The molecular weight excluding hydrogens is 250 g/mol. The van der Waals surface area contributed by atoms with Crippen LogP contribution in [0.4, 0.5) is 5.69 Å². The zero-order valence-electron chi connectivity index (χ0n) is 11.3. The van der Waals surface area contributed by atoms with E-state index in [9.17, 15) is 0 Å². The first-order valence-electron chi connectivity index (χ1n) is 6.44. The number of hydrazone groups is 1. The highest BCUT2D eigenvalue weighted by Crippen LogP contribution is 2.24. The molecule has 100 valence electrons. The largest absolute Gasteiger partial charge is 0.342 e. The van der Waals surface area contributed by atoms with E-state index in [2.05, 4.69) is 28.2 Å². The second kappa shape index (κ2) is 5.10. The van der Waals surface area contributed by atoms with Crippen LogP contribution in [0.1, 0.15) is 0 Å². The van der Waals surface area contributed by atoms with Crippen molar-refractivity contribution in [1.82, 2.24) is 9.91 Å². The van der Waals surface area contributed by atoms with E-state index in [1.54, 1.807) is 5.01 Å². The molecule has 2 heterocycles. The number of para-hydroxylation sites is 1. The van der Waals surface area contributed by atoms with Crippen LogP contribution in [0.15, 0.2) is 59.5 Å². The van der Waals surface area contributed by atoms with Gasteiger partial charge in [0.15, 0.2) is 5.84 Å².